The molecule has 0 radical (unpaired) electrons. The van der Waals surface area contributed by atoms with E-state index in [1.54, 1.807) is 19.1 Å². The van der Waals surface area contributed by atoms with E-state index in [1.807, 2.05) is 0 Å². The van der Waals surface area contributed by atoms with Gasteiger partial charge in [0.25, 0.3) is 0 Å². The van der Waals surface area contributed by atoms with Crippen LogP contribution in [0.4, 0.5) is 13.2 Å². The first-order valence-corrected chi connectivity index (χ1v) is 8.77. The quantitative estimate of drug-likeness (QED) is 0.426. The second kappa shape index (κ2) is 7.40. The molecule has 1 atom stereocenters. The molecule has 0 heterocycles. The Bertz CT molecular complexity index is 908. The van der Waals surface area contributed by atoms with Gasteiger partial charge in [0.2, 0.25) is 0 Å². The van der Waals surface area contributed by atoms with Crippen LogP contribution in [0.1, 0.15) is 13.3 Å². The van der Waals surface area contributed by atoms with Gasteiger partial charge in [-0.3, -0.25) is 0 Å². The van der Waals surface area contributed by atoms with Crippen LogP contribution in [0.2, 0.25) is 0 Å². The highest BCUT2D eigenvalue weighted by Crippen LogP contribution is 2.30. The van der Waals surface area contributed by atoms with Gasteiger partial charge in [0, 0.05) is 0 Å². The molecule has 0 spiro atoms. The van der Waals surface area contributed by atoms with Gasteiger partial charge in [-0.1, -0.05) is 19.1 Å². The van der Waals surface area contributed by atoms with E-state index in [-0.39, 0.29) is 5.75 Å². The fraction of sp³-hybridized carbons (Fsp3) is 0.312. The number of esters is 1. The largest absolute Gasteiger partial charge is 0.534 e. The van der Waals surface area contributed by atoms with E-state index in [0.29, 0.717) is 17.2 Å². The SMILES string of the molecule is CCC(Oc1ccc2ccc(OS(=O)(=O)C(F)(F)F)cc2c1)C(=O)OC. The summed E-state index contributed by atoms with van der Waals surface area (Å²) in [6.07, 6.45) is -0.500. The molecule has 1 unspecified atom stereocenters. The van der Waals surface area contributed by atoms with Gasteiger partial charge in [0.15, 0.2) is 6.10 Å². The first-order chi connectivity index (χ1) is 12.1. The summed E-state index contributed by atoms with van der Waals surface area (Å²) in [5.41, 5.74) is -5.53. The fourth-order valence-corrected chi connectivity index (χ4v) is 2.55. The van der Waals surface area contributed by atoms with Crippen LogP contribution in [-0.4, -0.2) is 33.1 Å². The second-order valence-corrected chi connectivity index (χ2v) is 6.73. The number of halogens is 3. The number of methoxy groups -OCH3 is 1. The minimum atomic E-state index is -5.76. The molecule has 0 fully saturated rings. The number of hydrogen-bond acceptors (Lipinski definition) is 6. The zero-order valence-electron chi connectivity index (χ0n) is 13.7. The third-order valence-corrected chi connectivity index (χ3v) is 4.36. The van der Waals surface area contributed by atoms with Crippen LogP contribution in [0.5, 0.6) is 11.5 Å². The molecule has 0 aliphatic heterocycles. The van der Waals surface area contributed by atoms with Crippen LogP contribution in [0.3, 0.4) is 0 Å². The van der Waals surface area contributed by atoms with Crippen molar-refractivity contribution in [2.24, 2.45) is 0 Å². The van der Waals surface area contributed by atoms with Gasteiger partial charge in [-0.15, -0.1) is 0 Å². The zero-order valence-corrected chi connectivity index (χ0v) is 14.6. The maximum atomic E-state index is 12.4. The molecule has 0 aliphatic carbocycles. The third-order valence-electron chi connectivity index (χ3n) is 3.39. The van der Waals surface area contributed by atoms with Crippen LogP contribution in [0.15, 0.2) is 36.4 Å². The Morgan fingerprint density at radius 2 is 1.65 bits per heavy atom. The van der Waals surface area contributed by atoms with Gasteiger partial charge < -0.3 is 13.7 Å². The van der Waals surface area contributed by atoms with Gasteiger partial charge in [0.05, 0.1) is 7.11 Å². The average Bonchev–Trinajstić information content (AvgIpc) is 2.57. The first kappa shape index (κ1) is 19.8. The maximum absolute atomic E-state index is 12.4. The van der Waals surface area contributed by atoms with Crippen LogP contribution in [0.25, 0.3) is 10.8 Å². The molecule has 10 heteroatoms. The number of alkyl halides is 3. The van der Waals surface area contributed by atoms with E-state index in [9.17, 15) is 26.4 Å². The molecule has 142 valence electrons. The van der Waals surface area contributed by atoms with Crippen molar-refractivity contribution in [1.82, 2.24) is 0 Å². The average molecular weight is 392 g/mol. The summed E-state index contributed by atoms with van der Waals surface area (Å²) in [6.45, 7) is 1.72. The molecule has 2 aromatic rings. The summed E-state index contributed by atoms with van der Waals surface area (Å²) in [6, 6.07) is 8.27. The molecule has 0 aliphatic rings. The predicted molar refractivity (Wildman–Crippen MR) is 86.3 cm³/mol. The highest BCUT2D eigenvalue weighted by atomic mass is 32.2. The van der Waals surface area contributed by atoms with Gasteiger partial charge in [-0.05, 0) is 41.5 Å². The molecule has 2 aromatic carbocycles. The molecule has 26 heavy (non-hydrogen) atoms. The van der Waals surface area contributed by atoms with Crippen molar-refractivity contribution in [3.05, 3.63) is 36.4 Å². The summed E-state index contributed by atoms with van der Waals surface area (Å²) < 4.78 is 73.6. The Morgan fingerprint density at radius 1 is 1.08 bits per heavy atom. The molecule has 0 bridgehead atoms. The summed E-state index contributed by atoms with van der Waals surface area (Å²) in [5.74, 6) is -0.793. The van der Waals surface area contributed by atoms with Crippen molar-refractivity contribution < 1.29 is 40.0 Å². The summed E-state index contributed by atoms with van der Waals surface area (Å²) in [4.78, 5) is 11.6. The minimum absolute atomic E-state index is 0.269. The van der Waals surface area contributed by atoms with E-state index in [0.717, 1.165) is 12.1 Å². The number of fused-ring (bicyclic) bond motifs is 1. The molecular formula is C16H15F3O6S. The fourth-order valence-electron chi connectivity index (χ4n) is 2.10. The van der Waals surface area contributed by atoms with E-state index in [1.165, 1.54) is 19.2 Å². The zero-order chi connectivity index (χ0) is 19.5. The topological polar surface area (TPSA) is 78.9 Å². The summed E-state index contributed by atoms with van der Waals surface area (Å²) in [5, 5.41) is 0.984. The Balaban J connectivity index is 2.32. The van der Waals surface area contributed by atoms with E-state index >= 15 is 0 Å². The van der Waals surface area contributed by atoms with Crippen LogP contribution >= 0.6 is 0 Å². The Hall–Kier alpha value is -2.49. The number of benzene rings is 2. The number of carbonyl (C=O) groups excluding carboxylic acids is 1. The predicted octanol–water partition coefficient (Wildman–Crippen LogP) is 3.40. The Morgan fingerprint density at radius 3 is 2.19 bits per heavy atom. The molecule has 0 saturated carbocycles. The van der Waals surface area contributed by atoms with E-state index in [2.05, 4.69) is 8.92 Å². The molecular weight excluding hydrogens is 377 g/mol. The van der Waals surface area contributed by atoms with Crippen molar-refractivity contribution >= 4 is 26.9 Å². The lowest BCUT2D eigenvalue weighted by Crippen LogP contribution is -2.28. The number of hydrogen-bond donors (Lipinski definition) is 0. The lowest BCUT2D eigenvalue weighted by Gasteiger charge is -2.15. The molecule has 0 aromatic heterocycles. The van der Waals surface area contributed by atoms with Crippen molar-refractivity contribution in [2.75, 3.05) is 7.11 Å². The molecule has 0 amide bonds. The monoisotopic (exact) mass is 392 g/mol. The molecule has 6 nitrogen and oxygen atoms in total. The number of rotatable bonds is 6. The van der Waals surface area contributed by atoms with E-state index < -0.39 is 33.4 Å². The van der Waals surface area contributed by atoms with Gasteiger partial charge in [0.1, 0.15) is 11.5 Å². The number of ether oxygens (including phenoxy) is 2. The van der Waals surface area contributed by atoms with Crippen molar-refractivity contribution in [3.63, 3.8) is 0 Å². The maximum Gasteiger partial charge on any atom is 0.534 e. The smallest absolute Gasteiger partial charge is 0.479 e. The normalized spacial score (nSPS) is 13.3. The second-order valence-electron chi connectivity index (χ2n) is 5.19. The molecule has 0 saturated heterocycles. The lowest BCUT2D eigenvalue weighted by molar-refractivity contribution is -0.148. The summed E-state index contributed by atoms with van der Waals surface area (Å²) in [7, 11) is -4.54. The minimum Gasteiger partial charge on any atom is -0.479 e. The van der Waals surface area contributed by atoms with Gasteiger partial charge in [-0.25, -0.2) is 4.79 Å². The van der Waals surface area contributed by atoms with E-state index in [4.69, 9.17) is 4.74 Å². The van der Waals surface area contributed by atoms with Crippen LogP contribution in [-0.2, 0) is 19.6 Å². The highest BCUT2D eigenvalue weighted by Gasteiger charge is 2.48. The standard InChI is InChI=1S/C16H15F3O6S/c1-3-14(15(20)23-2)24-12-6-4-10-5-7-13(9-11(10)8-12)25-26(21,22)16(17,18)19/h4-9,14H,3H2,1-2H3. The first-order valence-electron chi connectivity index (χ1n) is 7.36. The van der Waals surface area contributed by atoms with Crippen LogP contribution in [0, 0.1) is 0 Å². The molecule has 0 N–H and O–H groups in total. The van der Waals surface area contributed by atoms with Gasteiger partial charge in [-0.2, -0.15) is 21.6 Å². The summed E-state index contributed by atoms with van der Waals surface area (Å²) >= 11 is 0. The van der Waals surface area contributed by atoms with Crippen molar-refractivity contribution in [1.29, 1.82) is 0 Å². The third kappa shape index (κ3) is 4.37. The number of carbonyl (C=O) groups is 1. The highest BCUT2D eigenvalue weighted by molar-refractivity contribution is 7.88. The Kier molecular flexibility index (Phi) is 5.65. The van der Waals surface area contributed by atoms with Crippen molar-refractivity contribution in [2.45, 2.75) is 25.0 Å². The molecule has 2 rings (SSSR count). The lowest BCUT2D eigenvalue weighted by atomic mass is 10.1. The Labute approximate surface area is 147 Å². The van der Waals surface area contributed by atoms with Gasteiger partial charge >= 0.3 is 21.6 Å². The van der Waals surface area contributed by atoms with Crippen molar-refractivity contribution in [3.8, 4) is 11.5 Å². The van der Waals surface area contributed by atoms with Crippen LogP contribution < -0.4 is 8.92 Å².